The molecule has 0 radical (unpaired) electrons. The average molecular weight is 249 g/mol. The van der Waals surface area contributed by atoms with E-state index in [9.17, 15) is 9.18 Å². The fraction of sp³-hybridized carbons (Fsp3) is 0.538. The molecule has 5 heteroatoms. The van der Waals surface area contributed by atoms with Gasteiger partial charge in [0.05, 0.1) is 0 Å². The lowest BCUT2D eigenvalue weighted by Gasteiger charge is -2.25. The Hall–Kier alpha value is -1.65. The van der Waals surface area contributed by atoms with Crippen molar-refractivity contribution >= 4 is 11.7 Å². The van der Waals surface area contributed by atoms with E-state index in [1.807, 2.05) is 0 Å². The molecule has 1 aromatic heterocycles. The summed E-state index contributed by atoms with van der Waals surface area (Å²) in [6, 6.07) is 3.02. The van der Waals surface area contributed by atoms with Crippen molar-refractivity contribution in [1.82, 2.24) is 10.3 Å². The van der Waals surface area contributed by atoms with E-state index < -0.39 is 0 Å². The molecule has 1 aliphatic heterocycles. The van der Waals surface area contributed by atoms with Gasteiger partial charge >= 0.3 is 0 Å². The van der Waals surface area contributed by atoms with Gasteiger partial charge in [-0.2, -0.15) is 0 Å². The van der Waals surface area contributed by atoms with E-state index in [-0.39, 0.29) is 17.8 Å². The first kappa shape index (κ1) is 11.4. The molecule has 2 heterocycles. The van der Waals surface area contributed by atoms with E-state index >= 15 is 0 Å². The number of carbonyl (C=O) groups is 1. The van der Waals surface area contributed by atoms with E-state index in [0.29, 0.717) is 18.4 Å². The van der Waals surface area contributed by atoms with Crippen LogP contribution in [-0.2, 0) is 4.79 Å². The molecular weight excluding hydrogens is 233 g/mol. The van der Waals surface area contributed by atoms with Crippen molar-refractivity contribution in [2.24, 2.45) is 0 Å². The third kappa shape index (κ3) is 2.17. The molecule has 1 unspecified atom stereocenters. The molecule has 1 N–H and O–H groups in total. The van der Waals surface area contributed by atoms with Gasteiger partial charge in [-0.05, 0) is 37.8 Å². The number of aromatic nitrogens is 1. The fourth-order valence-electron chi connectivity index (χ4n) is 2.41. The van der Waals surface area contributed by atoms with Crippen molar-refractivity contribution in [3.05, 3.63) is 24.1 Å². The number of hydrogen-bond donors (Lipinski definition) is 1. The first-order valence-electron chi connectivity index (χ1n) is 6.43. The monoisotopic (exact) mass is 249 g/mol. The molecular formula is C13H16FN3O. The zero-order valence-corrected chi connectivity index (χ0v) is 10.1. The molecule has 4 nitrogen and oxygen atoms in total. The minimum absolute atomic E-state index is 0.0139. The molecule has 18 heavy (non-hydrogen) atoms. The molecule has 0 aromatic carbocycles. The lowest BCUT2D eigenvalue weighted by atomic mass is 10.2. The number of carbonyl (C=O) groups excluding carboxylic acids is 1. The van der Waals surface area contributed by atoms with Gasteiger partial charge in [0.1, 0.15) is 6.04 Å². The van der Waals surface area contributed by atoms with Gasteiger partial charge in [-0.1, -0.05) is 0 Å². The molecule has 1 saturated carbocycles. The quantitative estimate of drug-likeness (QED) is 0.882. The normalized spacial score (nSPS) is 23.2. The molecule has 1 atom stereocenters. The number of pyridine rings is 1. The highest BCUT2D eigenvalue weighted by molar-refractivity contribution is 5.86. The number of amides is 1. The van der Waals surface area contributed by atoms with Crippen LogP contribution in [0.4, 0.5) is 10.2 Å². The Morgan fingerprint density at radius 1 is 1.44 bits per heavy atom. The molecule has 1 aromatic rings. The number of nitrogens with one attached hydrogen (secondary N) is 1. The third-order valence-corrected chi connectivity index (χ3v) is 3.49. The van der Waals surface area contributed by atoms with Crippen molar-refractivity contribution in [2.45, 2.75) is 37.8 Å². The Labute approximate surface area is 105 Å². The van der Waals surface area contributed by atoms with E-state index in [1.165, 1.54) is 6.07 Å². The lowest BCUT2D eigenvalue weighted by molar-refractivity contribution is -0.122. The van der Waals surface area contributed by atoms with Crippen LogP contribution in [0.15, 0.2) is 18.3 Å². The average Bonchev–Trinajstić information content (AvgIpc) is 3.04. The topological polar surface area (TPSA) is 45.2 Å². The van der Waals surface area contributed by atoms with Crippen molar-refractivity contribution in [3.8, 4) is 0 Å². The number of anilines is 1. The van der Waals surface area contributed by atoms with Crippen molar-refractivity contribution < 1.29 is 9.18 Å². The van der Waals surface area contributed by atoms with Crippen LogP contribution >= 0.6 is 0 Å². The van der Waals surface area contributed by atoms with Crippen molar-refractivity contribution in [1.29, 1.82) is 0 Å². The van der Waals surface area contributed by atoms with Gasteiger partial charge in [-0.3, -0.25) is 4.79 Å². The maximum absolute atomic E-state index is 13.7. The van der Waals surface area contributed by atoms with Crippen molar-refractivity contribution in [2.75, 3.05) is 11.4 Å². The van der Waals surface area contributed by atoms with Crippen LogP contribution in [0.3, 0.4) is 0 Å². The second kappa shape index (κ2) is 4.55. The highest BCUT2D eigenvalue weighted by atomic mass is 19.1. The lowest BCUT2D eigenvalue weighted by Crippen LogP contribution is -2.44. The Bertz CT molecular complexity index is 461. The highest BCUT2D eigenvalue weighted by Crippen LogP contribution is 2.27. The van der Waals surface area contributed by atoms with Gasteiger partial charge in [-0.15, -0.1) is 0 Å². The SMILES string of the molecule is O=C(NC1CC1)C1CCCN1c1ncccc1F. The third-order valence-electron chi connectivity index (χ3n) is 3.49. The molecule has 2 aliphatic rings. The van der Waals surface area contributed by atoms with Crippen LogP contribution in [0, 0.1) is 5.82 Å². The molecule has 3 rings (SSSR count). The minimum Gasteiger partial charge on any atom is -0.352 e. The van der Waals surface area contributed by atoms with Gasteiger partial charge in [0.15, 0.2) is 11.6 Å². The molecule has 1 saturated heterocycles. The summed E-state index contributed by atoms with van der Waals surface area (Å²) in [5.74, 6) is -0.0466. The van der Waals surface area contributed by atoms with Crippen LogP contribution in [-0.4, -0.2) is 29.5 Å². The number of hydrogen-bond acceptors (Lipinski definition) is 3. The van der Waals surface area contributed by atoms with Gasteiger partial charge in [0, 0.05) is 18.8 Å². The maximum Gasteiger partial charge on any atom is 0.242 e. The van der Waals surface area contributed by atoms with Crippen LogP contribution in [0.25, 0.3) is 0 Å². The van der Waals surface area contributed by atoms with Gasteiger partial charge in [0.2, 0.25) is 5.91 Å². The van der Waals surface area contributed by atoms with E-state index in [0.717, 1.165) is 25.7 Å². The standard InChI is InChI=1S/C13H16FN3O/c14-10-3-1-7-15-12(10)17-8-2-4-11(17)13(18)16-9-5-6-9/h1,3,7,9,11H,2,4-6,8H2,(H,16,18). The van der Waals surface area contributed by atoms with Crippen LogP contribution in [0.2, 0.25) is 0 Å². The largest absolute Gasteiger partial charge is 0.352 e. The Kier molecular flexibility index (Phi) is 2.89. The summed E-state index contributed by atoms with van der Waals surface area (Å²) >= 11 is 0. The molecule has 0 spiro atoms. The van der Waals surface area contributed by atoms with Gasteiger partial charge in [0.25, 0.3) is 0 Å². The smallest absolute Gasteiger partial charge is 0.242 e. The second-order valence-electron chi connectivity index (χ2n) is 4.94. The van der Waals surface area contributed by atoms with E-state index in [4.69, 9.17) is 0 Å². The van der Waals surface area contributed by atoms with E-state index in [2.05, 4.69) is 10.3 Å². The number of rotatable bonds is 3. The first-order chi connectivity index (χ1) is 8.75. The van der Waals surface area contributed by atoms with Crippen LogP contribution in [0.5, 0.6) is 0 Å². The molecule has 0 bridgehead atoms. The zero-order valence-electron chi connectivity index (χ0n) is 10.1. The number of halogens is 1. The molecule has 2 fully saturated rings. The summed E-state index contributed by atoms with van der Waals surface area (Å²) in [4.78, 5) is 17.9. The summed E-state index contributed by atoms with van der Waals surface area (Å²) in [5, 5.41) is 2.98. The fourth-order valence-corrected chi connectivity index (χ4v) is 2.41. The zero-order chi connectivity index (χ0) is 12.5. The minimum atomic E-state index is -0.358. The Morgan fingerprint density at radius 3 is 3.00 bits per heavy atom. The molecule has 96 valence electrons. The summed E-state index contributed by atoms with van der Waals surface area (Å²) in [7, 11) is 0. The predicted molar refractivity (Wildman–Crippen MR) is 65.7 cm³/mol. The Morgan fingerprint density at radius 2 is 2.28 bits per heavy atom. The first-order valence-corrected chi connectivity index (χ1v) is 6.43. The van der Waals surface area contributed by atoms with Crippen LogP contribution < -0.4 is 10.2 Å². The van der Waals surface area contributed by atoms with Crippen LogP contribution in [0.1, 0.15) is 25.7 Å². The summed E-state index contributed by atoms with van der Waals surface area (Å²) < 4.78 is 13.7. The Balaban J connectivity index is 1.78. The van der Waals surface area contributed by atoms with Gasteiger partial charge < -0.3 is 10.2 Å². The summed E-state index contributed by atoms with van der Waals surface area (Å²) in [5.41, 5.74) is 0. The highest BCUT2D eigenvalue weighted by Gasteiger charge is 2.35. The molecule has 1 amide bonds. The molecule has 1 aliphatic carbocycles. The van der Waals surface area contributed by atoms with Gasteiger partial charge in [-0.25, -0.2) is 9.37 Å². The second-order valence-corrected chi connectivity index (χ2v) is 4.94. The number of nitrogens with zero attached hydrogens (tertiary/aromatic N) is 2. The van der Waals surface area contributed by atoms with E-state index in [1.54, 1.807) is 17.2 Å². The summed E-state index contributed by atoms with van der Waals surface area (Å²) in [6.07, 6.45) is 5.37. The van der Waals surface area contributed by atoms with Crippen molar-refractivity contribution in [3.63, 3.8) is 0 Å². The maximum atomic E-state index is 13.7. The predicted octanol–water partition coefficient (Wildman–Crippen LogP) is 1.47. The summed E-state index contributed by atoms with van der Waals surface area (Å²) in [6.45, 7) is 0.691.